The van der Waals surface area contributed by atoms with Crippen LogP contribution in [0.25, 0.3) is 0 Å². The van der Waals surface area contributed by atoms with Crippen LogP contribution < -0.4 is 5.73 Å². The Labute approximate surface area is 119 Å². The van der Waals surface area contributed by atoms with Gasteiger partial charge in [0.2, 0.25) is 0 Å². The molecule has 0 saturated carbocycles. The first-order chi connectivity index (χ1) is 9.67. The van der Waals surface area contributed by atoms with Crippen molar-refractivity contribution in [3.63, 3.8) is 0 Å². The van der Waals surface area contributed by atoms with Gasteiger partial charge in [0.1, 0.15) is 0 Å². The van der Waals surface area contributed by atoms with Crippen molar-refractivity contribution in [1.82, 2.24) is 4.90 Å². The Kier molecular flexibility index (Phi) is 5.09. The molecule has 0 radical (unpaired) electrons. The van der Waals surface area contributed by atoms with Crippen LogP contribution in [0, 0.1) is 16.0 Å². The van der Waals surface area contributed by atoms with E-state index in [2.05, 4.69) is 11.8 Å². The monoisotopic (exact) mass is 277 g/mol. The van der Waals surface area contributed by atoms with Crippen LogP contribution in [0.1, 0.15) is 37.8 Å². The van der Waals surface area contributed by atoms with Crippen molar-refractivity contribution >= 4 is 5.69 Å². The van der Waals surface area contributed by atoms with Crippen LogP contribution in [0.2, 0.25) is 0 Å². The molecule has 1 aliphatic heterocycles. The summed E-state index contributed by atoms with van der Waals surface area (Å²) in [6.45, 7) is 4.99. The highest BCUT2D eigenvalue weighted by atomic mass is 16.6. The maximum absolute atomic E-state index is 10.8. The number of nitro groups is 1. The van der Waals surface area contributed by atoms with Crippen LogP contribution in [0.5, 0.6) is 0 Å². The lowest BCUT2D eigenvalue weighted by molar-refractivity contribution is -0.384. The summed E-state index contributed by atoms with van der Waals surface area (Å²) in [7, 11) is 0. The average Bonchev–Trinajstić information content (AvgIpc) is 2.47. The van der Waals surface area contributed by atoms with Gasteiger partial charge in [0.25, 0.3) is 5.69 Å². The lowest BCUT2D eigenvalue weighted by atomic mass is 9.84. The fourth-order valence-electron chi connectivity index (χ4n) is 3.21. The molecule has 2 rings (SSSR count). The molecule has 0 aromatic heterocycles. The maximum Gasteiger partial charge on any atom is 0.269 e. The van der Waals surface area contributed by atoms with Crippen LogP contribution in [0.4, 0.5) is 5.69 Å². The third-order valence-corrected chi connectivity index (χ3v) is 4.12. The maximum atomic E-state index is 10.8. The molecule has 2 unspecified atom stereocenters. The van der Waals surface area contributed by atoms with Crippen LogP contribution in [0.15, 0.2) is 24.3 Å². The van der Waals surface area contributed by atoms with Gasteiger partial charge in [-0.15, -0.1) is 0 Å². The molecule has 1 aromatic carbocycles. The summed E-state index contributed by atoms with van der Waals surface area (Å²) >= 11 is 0. The lowest BCUT2D eigenvalue weighted by Gasteiger charge is -2.41. The second-order valence-electron chi connectivity index (χ2n) is 5.47. The summed E-state index contributed by atoms with van der Waals surface area (Å²) in [5.74, 6) is 0.441. The van der Waals surface area contributed by atoms with Crippen molar-refractivity contribution < 1.29 is 4.92 Å². The molecule has 1 aliphatic rings. The molecule has 2 atom stereocenters. The van der Waals surface area contributed by atoms with Gasteiger partial charge in [-0.05, 0) is 50.4 Å². The van der Waals surface area contributed by atoms with E-state index in [1.807, 2.05) is 12.1 Å². The number of nitrogens with zero attached hydrogens (tertiary/aromatic N) is 2. The molecule has 1 fully saturated rings. The average molecular weight is 277 g/mol. The molecule has 1 heterocycles. The van der Waals surface area contributed by atoms with Crippen molar-refractivity contribution in [1.29, 1.82) is 0 Å². The van der Waals surface area contributed by atoms with Crippen LogP contribution in [0.3, 0.4) is 0 Å². The molecule has 1 aromatic rings. The van der Waals surface area contributed by atoms with E-state index < -0.39 is 0 Å². The fourth-order valence-corrected chi connectivity index (χ4v) is 3.21. The largest absolute Gasteiger partial charge is 0.330 e. The number of likely N-dealkylation sites (tertiary alicyclic amines) is 1. The van der Waals surface area contributed by atoms with Gasteiger partial charge in [-0.1, -0.05) is 19.1 Å². The Balaban J connectivity index is 2.25. The normalized spacial score (nSPS) is 23.7. The number of rotatable bonds is 5. The highest BCUT2D eigenvalue weighted by molar-refractivity contribution is 5.34. The minimum Gasteiger partial charge on any atom is -0.330 e. The first-order valence-corrected chi connectivity index (χ1v) is 7.35. The predicted octanol–water partition coefficient (Wildman–Crippen LogP) is 2.72. The number of piperidine rings is 1. The van der Waals surface area contributed by atoms with Gasteiger partial charge in [-0.2, -0.15) is 0 Å². The highest BCUT2D eigenvalue weighted by Crippen LogP contribution is 2.36. The Bertz CT molecular complexity index is 445. The van der Waals surface area contributed by atoms with Gasteiger partial charge in [0.15, 0.2) is 0 Å². The summed E-state index contributed by atoms with van der Waals surface area (Å²) in [6, 6.07) is 7.27. The number of non-ortho nitro benzene ring substituents is 1. The highest BCUT2D eigenvalue weighted by Gasteiger charge is 2.31. The topological polar surface area (TPSA) is 72.4 Å². The molecule has 5 heteroatoms. The van der Waals surface area contributed by atoms with Crippen LogP contribution in [-0.2, 0) is 0 Å². The second-order valence-corrected chi connectivity index (χ2v) is 5.47. The summed E-state index contributed by atoms with van der Waals surface area (Å²) < 4.78 is 0. The van der Waals surface area contributed by atoms with E-state index >= 15 is 0 Å². The van der Waals surface area contributed by atoms with Crippen LogP contribution >= 0.6 is 0 Å². The minimum absolute atomic E-state index is 0.149. The number of hydrogen-bond donors (Lipinski definition) is 1. The standard InChI is InChI=1S/C15H23N3O2/c1-2-9-17-10-3-4-13(11-16)15(17)12-5-7-14(8-6-12)18(19)20/h5-8,13,15H,2-4,9-11,16H2,1H3. The summed E-state index contributed by atoms with van der Waals surface area (Å²) in [5.41, 5.74) is 7.23. The molecule has 0 spiro atoms. The minimum atomic E-state index is -0.352. The molecular weight excluding hydrogens is 254 g/mol. The van der Waals surface area contributed by atoms with Gasteiger partial charge >= 0.3 is 0 Å². The van der Waals surface area contributed by atoms with Gasteiger partial charge in [0, 0.05) is 18.2 Å². The van der Waals surface area contributed by atoms with E-state index in [0.29, 0.717) is 18.5 Å². The van der Waals surface area contributed by atoms with Gasteiger partial charge in [0.05, 0.1) is 4.92 Å². The Morgan fingerprint density at radius 2 is 2.10 bits per heavy atom. The molecule has 20 heavy (non-hydrogen) atoms. The van der Waals surface area contributed by atoms with Gasteiger partial charge in [-0.3, -0.25) is 15.0 Å². The molecule has 5 nitrogen and oxygen atoms in total. The molecule has 0 aliphatic carbocycles. The van der Waals surface area contributed by atoms with Crippen LogP contribution in [-0.4, -0.2) is 29.5 Å². The zero-order valence-corrected chi connectivity index (χ0v) is 12.0. The van der Waals surface area contributed by atoms with E-state index in [9.17, 15) is 10.1 Å². The summed E-state index contributed by atoms with van der Waals surface area (Å²) in [6.07, 6.45) is 3.44. The zero-order chi connectivity index (χ0) is 14.5. The van der Waals surface area contributed by atoms with E-state index in [0.717, 1.165) is 31.5 Å². The predicted molar refractivity (Wildman–Crippen MR) is 79.5 cm³/mol. The quantitative estimate of drug-likeness (QED) is 0.663. The fraction of sp³-hybridized carbons (Fsp3) is 0.600. The number of benzene rings is 1. The Morgan fingerprint density at radius 3 is 2.65 bits per heavy atom. The van der Waals surface area contributed by atoms with Crippen molar-refractivity contribution in [2.24, 2.45) is 11.7 Å². The van der Waals surface area contributed by atoms with E-state index in [1.165, 1.54) is 6.42 Å². The SMILES string of the molecule is CCCN1CCCC(CN)C1c1ccc([N+](=O)[O-])cc1. The van der Waals surface area contributed by atoms with Crippen molar-refractivity contribution in [2.75, 3.05) is 19.6 Å². The van der Waals surface area contributed by atoms with Gasteiger partial charge < -0.3 is 5.73 Å². The third kappa shape index (κ3) is 3.16. The van der Waals surface area contributed by atoms with Crippen molar-refractivity contribution in [2.45, 2.75) is 32.2 Å². The molecule has 1 saturated heterocycles. The van der Waals surface area contributed by atoms with E-state index in [4.69, 9.17) is 5.73 Å². The smallest absolute Gasteiger partial charge is 0.269 e. The molecule has 2 N–H and O–H groups in total. The van der Waals surface area contributed by atoms with E-state index in [1.54, 1.807) is 12.1 Å². The van der Waals surface area contributed by atoms with E-state index in [-0.39, 0.29) is 10.6 Å². The Morgan fingerprint density at radius 1 is 1.40 bits per heavy atom. The second kappa shape index (κ2) is 6.81. The molecule has 110 valence electrons. The number of nitro benzene ring substituents is 1. The molecular formula is C15H23N3O2. The number of hydrogen-bond acceptors (Lipinski definition) is 4. The summed E-state index contributed by atoms with van der Waals surface area (Å²) in [5, 5.41) is 10.8. The molecule has 0 bridgehead atoms. The third-order valence-electron chi connectivity index (χ3n) is 4.12. The zero-order valence-electron chi connectivity index (χ0n) is 12.0. The number of nitrogens with two attached hydrogens (primary N) is 1. The van der Waals surface area contributed by atoms with Crippen molar-refractivity contribution in [3.8, 4) is 0 Å². The van der Waals surface area contributed by atoms with Gasteiger partial charge in [-0.25, -0.2) is 0 Å². The first-order valence-electron chi connectivity index (χ1n) is 7.35. The first kappa shape index (κ1) is 14.9. The van der Waals surface area contributed by atoms with Crippen molar-refractivity contribution in [3.05, 3.63) is 39.9 Å². The summed E-state index contributed by atoms with van der Waals surface area (Å²) in [4.78, 5) is 12.9. The lowest BCUT2D eigenvalue weighted by Crippen LogP contribution is -2.41. The Hall–Kier alpha value is -1.46. The molecule has 0 amide bonds.